The minimum atomic E-state index is -0.339. The van der Waals surface area contributed by atoms with Crippen molar-refractivity contribution in [2.24, 2.45) is 5.73 Å². The molecule has 4 N–H and O–H groups in total. The maximum Gasteiger partial charge on any atom is 0.244 e. The Bertz CT molecular complexity index is 560. The van der Waals surface area contributed by atoms with Crippen molar-refractivity contribution >= 4 is 0 Å². The molecule has 6 nitrogen and oxygen atoms in total. The number of nitriles is 1. The third-order valence-electron chi connectivity index (χ3n) is 3.89. The van der Waals surface area contributed by atoms with Crippen LogP contribution in [0.25, 0.3) is 0 Å². The first-order valence-corrected chi connectivity index (χ1v) is 6.03. The van der Waals surface area contributed by atoms with E-state index in [2.05, 4.69) is 21.6 Å². The standard InChI is InChI=1S/C12H15N5O/c1-7-9-11(17-16-7)18-10(14)8(6-13)12(9)2-4-15-5-3-12/h15H,2-5,14H2,1H3,(H,16,17). The lowest BCUT2D eigenvalue weighted by atomic mass is 9.67. The second kappa shape index (κ2) is 3.75. The maximum atomic E-state index is 9.41. The third kappa shape index (κ3) is 1.28. The Morgan fingerprint density at radius 2 is 2.17 bits per heavy atom. The average Bonchev–Trinajstić information content (AvgIpc) is 2.73. The molecule has 0 unspecified atom stereocenters. The molecule has 1 aromatic rings. The van der Waals surface area contributed by atoms with Crippen molar-refractivity contribution in [1.29, 1.82) is 5.26 Å². The number of rotatable bonds is 0. The number of piperidine rings is 1. The van der Waals surface area contributed by atoms with Crippen LogP contribution in [0.2, 0.25) is 0 Å². The van der Waals surface area contributed by atoms with Crippen molar-refractivity contribution < 1.29 is 4.74 Å². The van der Waals surface area contributed by atoms with E-state index in [1.54, 1.807) is 0 Å². The lowest BCUT2D eigenvalue weighted by Gasteiger charge is -2.39. The summed E-state index contributed by atoms with van der Waals surface area (Å²) in [5.74, 6) is 0.712. The van der Waals surface area contributed by atoms with E-state index in [1.807, 2.05) is 6.92 Å². The van der Waals surface area contributed by atoms with Crippen molar-refractivity contribution in [3.8, 4) is 11.9 Å². The summed E-state index contributed by atoms with van der Waals surface area (Å²) in [4.78, 5) is 0. The van der Waals surface area contributed by atoms with Crippen LogP contribution in [0.1, 0.15) is 24.1 Å². The summed E-state index contributed by atoms with van der Waals surface area (Å²) in [6, 6.07) is 2.23. The number of ether oxygens (including phenoxy) is 1. The summed E-state index contributed by atoms with van der Waals surface area (Å²) in [5, 5.41) is 19.8. The average molecular weight is 245 g/mol. The second-order valence-electron chi connectivity index (χ2n) is 4.81. The topological polar surface area (TPSA) is 99.8 Å². The SMILES string of the molecule is Cc1[nH]nc2c1C1(CCNCC1)C(C#N)=C(N)O2. The number of nitrogens with one attached hydrogen (secondary N) is 2. The van der Waals surface area contributed by atoms with Gasteiger partial charge in [-0.1, -0.05) is 0 Å². The number of allylic oxidation sites excluding steroid dienone is 1. The Hall–Kier alpha value is -2.00. The number of hydrogen-bond acceptors (Lipinski definition) is 5. The number of aromatic nitrogens is 2. The fourth-order valence-electron chi connectivity index (χ4n) is 3.08. The largest absolute Gasteiger partial charge is 0.420 e. The highest BCUT2D eigenvalue weighted by Crippen LogP contribution is 2.48. The van der Waals surface area contributed by atoms with E-state index >= 15 is 0 Å². The Morgan fingerprint density at radius 3 is 2.83 bits per heavy atom. The minimum absolute atomic E-state index is 0.193. The van der Waals surface area contributed by atoms with Gasteiger partial charge in [0, 0.05) is 16.7 Å². The first kappa shape index (κ1) is 11.1. The van der Waals surface area contributed by atoms with Crippen LogP contribution in [0.15, 0.2) is 11.5 Å². The summed E-state index contributed by atoms with van der Waals surface area (Å²) in [6.07, 6.45) is 1.68. The molecule has 0 atom stereocenters. The Kier molecular flexibility index (Phi) is 2.31. The van der Waals surface area contributed by atoms with Gasteiger partial charge in [-0.05, 0) is 32.9 Å². The molecule has 0 radical (unpaired) electrons. The highest BCUT2D eigenvalue weighted by molar-refractivity contribution is 5.54. The molecule has 0 amide bonds. The third-order valence-corrected chi connectivity index (χ3v) is 3.89. The van der Waals surface area contributed by atoms with Crippen molar-refractivity contribution in [3.05, 3.63) is 22.7 Å². The monoisotopic (exact) mass is 245 g/mol. The Morgan fingerprint density at radius 1 is 1.44 bits per heavy atom. The first-order chi connectivity index (χ1) is 8.69. The van der Waals surface area contributed by atoms with E-state index in [4.69, 9.17) is 10.5 Å². The number of fused-ring (bicyclic) bond motifs is 2. The molecule has 0 bridgehead atoms. The molecule has 1 fully saturated rings. The van der Waals surface area contributed by atoms with Crippen LogP contribution in [0.3, 0.4) is 0 Å². The highest BCUT2D eigenvalue weighted by Gasteiger charge is 2.47. The smallest absolute Gasteiger partial charge is 0.244 e. The summed E-state index contributed by atoms with van der Waals surface area (Å²) >= 11 is 0. The molecule has 1 aromatic heterocycles. The fraction of sp³-hybridized carbons (Fsp3) is 0.500. The van der Waals surface area contributed by atoms with Gasteiger partial charge < -0.3 is 15.8 Å². The normalized spacial score (nSPS) is 21.3. The van der Waals surface area contributed by atoms with Crippen LogP contribution >= 0.6 is 0 Å². The molecule has 3 rings (SSSR count). The van der Waals surface area contributed by atoms with E-state index in [-0.39, 0.29) is 11.3 Å². The summed E-state index contributed by atoms with van der Waals surface area (Å²) < 4.78 is 5.46. The number of aromatic amines is 1. The van der Waals surface area contributed by atoms with Gasteiger partial charge in [0.2, 0.25) is 11.8 Å². The molecule has 18 heavy (non-hydrogen) atoms. The van der Waals surface area contributed by atoms with E-state index in [0.29, 0.717) is 11.5 Å². The maximum absolute atomic E-state index is 9.41. The molecule has 0 aliphatic carbocycles. The molecule has 2 aliphatic rings. The fourth-order valence-corrected chi connectivity index (χ4v) is 3.08. The molecule has 1 saturated heterocycles. The number of nitrogens with two attached hydrogens (primary N) is 1. The predicted octanol–water partition coefficient (Wildman–Crippen LogP) is 0.426. The molecular formula is C12H15N5O. The minimum Gasteiger partial charge on any atom is -0.420 e. The zero-order chi connectivity index (χ0) is 12.8. The van der Waals surface area contributed by atoms with Crippen LogP contribution in [0.4, 0.5) is 0 Å². The van der Waals surface area contributed by atoms with E-state index in [1.165, 1.54) is 0 Å². The molecule has 0 aromatic carbocycles. The van der Waals surface area contributed by atoms with Gasteiger partial charge in [-0.3, -0.25) is 5.10 Å². The lowest BCUT2D eigenvalue weighted by molar-refractivity contribution is 0.294. The lowest BCUT2D eigenvalue weighted by Crippen LogP contribution is -2.44. The van der Waals surface area contributed by atoms with Gasteiger partial charge in [0.15, 0.2) is 0 Å². The molecule has 1 spiro atoms. The summed E-state index contributed by atoms with van der Waals surface area (Å²) in [6.45, 7) is 3.68. The van der Waals surface area contributed by atoms with Gasteiger partial charge >= 0.3 is 0 Å². The van der Waals surface area contributed by atoms with Gasteiger partial charge in [-0.15, -0.1) is 5.10 Å². The molecule has 3 heterocycles. The van der Waals surface area contributed by atoms with E-state index < -0.39 is 0 Å². The van der Waals surface area contributed by atoms with Gasteiger partial charge in [-0.25, -0.2) is 0 Å². The van der Waals surface area contributed by atoms with Crippen LogP contribution in [-0.4, -0.2) is 23.3 Å². The predicted molar refractivity (Wildman–Crippen MR) is 64.6 cm³/mol. The van der Waals surface area contributed by atoms with Crippen molar-refractivity contribution in [1.82, 2.24) is 15.5 Å². The van der Waals surface area contributed by atoms with Crippen LogP contribution in [0.5, 0.6) is 5.88 Å². The number of H-pyrrole nitrogens is 1. The van der Waals surface area contributed by atoms with Gasteiger partial charge in [0.05, 0.1) is 0 Å². The number of aryl methyl sites for hydroxylation is 1. The number of hydrogen-bond donors (Lipinski definition) is 3. The van der Waals surface area contributed by atoms with E-state index in [0.717, 1.165) is 37.2 Å². The van der Waals surface area contributed by atoms with Gasteiger partial charge in [0.25, 0.3) is 0 Å². The molecule has 6 heteroatoms. The van der Waals surface area contributed by atoms with Crippen molar-refractivity contribution in [2.75, 3.05) is 13.1 Å². The first-order valence-electron chi connectivity index (χ1n) is 6.03. The van der Waals surface area contributed by atoms with Gasteiger partial charge in [0.1, 0.15) is 11.6 Å². The van der Waals surface area contributed by atoms with Crippen LogP contribution < -0.4 is 15.8 Å². The van der Waals surface area contributed by atoms with Crippen molar-refractivity contribution in [2.45, 2.75) is 25.2 Å². The zero-order valence-electron chi connectivity index (χ0n) is 10.2. The molecule has 94 valence electrons. The van der Waals surface area contributed by atoms with Crippen molar-refractivity contribution in [3.63, 3.8) is 0 Å². The Labute approximate surface area is 105 Å². The van der Waals surface area contributed by atoms with Crippen LogP contribution in [0, 0.1) is 18.3 Å². The summed E-state index contributed by atoms with van der Waals surface area (Å²) in [5.41, 5.74) is 8.03. The highest BCUT2D eigenvalue weighted by atomic mass is 16.5. The van der Waals surface area contributed by atoms with Gasteiger partial charge in [-0.2, -0.15) is 5.26 Å². The second-order valence-corrected chi connectivity index (χ2v) is 4.81. The molecule has 2 aliphatic heterocycles. The van der Waals surface area contributed by atoms with Crippen LogP contribution in [-0.2, 0) is 5.41 Å². The Balaban J connectivity index is 2.24. The molecular weight excluding hydrogens is 230 g/mol. The quantitative estimate of drug-likeness (QED) is 0.615. The van der Waals surface area contributed by atoms with E-state index in [9.17, 15) is 5.26 Å². The molecule has 0 saturated carbocycles. The number of nitrogens with zero attached hydrogens (tertiary/aromatic N) is 2. The summed E-state index contributed by atoms with van der Waals surface area (Å²) in [7, 11) is 0. The zero-order valence-corrected chi connectivity index (χ0v) is 10.2.